The van der Waals surface area contributed by atoms with Crippen molar-refractivity contribution in [2.45, 2.75) is 97.4 Å². The van der Waals surface area contributed by atoms with E-state index in [1.807, 2.05) is 30.3 Å². The van der Waals surface area contributed by atoms with Crippen molar-refractivity contribution in [1.82, 2.24) is 0 Å². The number of ether oxygens (including phenoxy) is 2. The Bertz CT molecular complexity index is 807. The third kappa shape index (κ3) is 8.05. The van der Waals surface area contributed by atoms with Gasteiger partial charge in [0, 0.05) is 33.6 Å². The zero-order valence-corrected chi connectivity index (χ0v) is 22.3. The standard InChI is InChI=1S/C29H45NO3S/c1-4-5-6-13-20-34(31)22-25-24(26-17-18-27(25)33-26)16-11-8-12-19-29(2,3)28(30)32-21-23-14-9-7-10-15-23/h7-11,14-15,24-27,30H,4-6,12-13,16-22H2,1-3H3. The molecule has 2 heterocycles. The van der Waals surface area contributed by atoms with E-state index in [-0.39, 0.29) is 5.41 Å². The second-order valence-corrected chi connectivity index (χ2v) is 12.3. The van der Waals surface area contributed by atoms with Gasteiger partial charge < -0.3 is 9.47 Å². The lowest BCUT2D eigenvalue weighted by atomic mass is 9.78. The highest BCUT2D eigenvalue weighted by atomic mass is 32.2. The van der Waals surface area contributed by atoms with Gasteiger partial charge in [-0.3, -0.25) is 9.62 Å². The highest BCUT2D eigenvalue weighted by Crippen LogP contribution is 2.45. The van der Waals surface area contributed by atoms with E-state index >= 15 is 0 Å². The smallest absolute Gasteiger partial charge is 0.186 e. The van der Waals surface area contributed by atoms with Crippen molar-refractivity contribution >= 4 is 16.7 Å². The summed E-state index contributed by atoms with van der Waals surface area (Å²) >= 11 is 0. The lowest BCUT2D eigenvalue weighted by molar-refractivity contribution is 0.0887. The molecular formula is C29H45NO3S. The van der Waals surface area contributed by atoms with E-state index in [2.05, 4.69) is 32.9 Å². The number of rotatable bonds is 15. The van der Waals surface area contributed by atoms with Gasteiger partial charge in [-0.05, 0) is 50.0 Å². The van der Waals surface area contributed by atoms with Crippen LogP contribution in [-0.2, 0) is 26.9 Å². The molecule has 5 atom stereocenters. The van der Waals surface area contributed by atoms with Crippen LogP contribution in [-0.4, -0.2) is 33.8 Å². The molecule has 2 bridgehead atoms. The molecule has 3 rings (SSSR count). The Hall–Kier alpha value is -1.46. The predicted octanol–water partition coefficient (Wildman–Crippen LogP) is 7.06. The summed E-state index contributed by atoms with van der Waals surface area (Å²) in [6.45, 7) is 6.84. The maximum absolute atomic E-state index is 12.7. The van der Waals surface area contributed by atoms with Gasteiger partial charge in [-0.2, -0.15) is 0 Å². The molecule has 2 aliphatic rings. The fourth-order valence-corrected chi connectivity index (χ4v) is 6.85. The summed E-state index contributed by atoms with van der Waals surface area (Å²) in [6, 6.07) is 10.0. The van der Waals surface area contributed by atoms with Gasteiger partial charge in [0.15, 0.2) is 5.90 Å². The Morgan fingerprint density at radius 3 is 2.59 bits per heavy atom. The van der Waals surface area contributed by atoms with E-state index in [1.54, 1.807) is 0 Å². The maximum Gasteiger partial charge on any atom is 0.186 e. The number of hydrogen-bond acceptors (Lipinski definition) is 4. The third-order valence-corrected chi connectivity index (χ3v) is 9.05. The van der Waals surface area contributed by atoms with Gasteiger partial charge >= 0.3 is 0 Å². The first-order chi connectivity index (χ1) is 16.4. The largest absolute Gasteiger partial charge is 0.476 e. The summed E-state index contributed by atoms with van der Waals surface area (Å²) in [5.41, 5.74) is 0.804. The van der Waals surface area contributed by atoms with Crippen LogP contribution in [0.1, 0.15) is 84.1 Å². The predicted molar refractivity (Wildman–Crippen MR) is 143 cm³/mol. The van der Waals surface area contributed by atoms with Crippen molar-refractivity contribution in [1.29, 1.82) is 5.41 Å². The molecular weight excluding hydrogens is 442 g/mol. The van der Waals surface area contributed by atoms with Gasteiger partial charge in [0.05, 0.1) is 12.2 Å². The van der Waals surface area contributed by atoms with Crippen LogP contribution >= 0.6 is 0 Å². The summed E-state index contributed by atoms with van der Waals surface area (Å²) < 4.78 is 24.7. The minimum absolute atomic E-state index is 0.286. The van der Waals surface area contributed by atoms with Crippen LogP contribution in [0.5, 0.6) is 0 Å². The minimum atomic E-state index is -0.719. The molecule has 0 saturated carbocycles. The van der Waals surface area contributed by atoms with Crippen LogP contribution in [0, 0.1) is 22.7 Å². The highest BCUT2D eigenvalue weighted by Gasteiger charge is 2.48. The molecule has 0 radical (unpaired) electrons. The summed E-state index contributed by atoms with van der Waals surface area (Å²) in [5.74, 6) is 2.98. The average Bonchev–Trinajstić information content (AvgIpc) is 3.43. The van der Waals surface area contributed by atoms with Crippen molar-refractivity contribution in [2.24, 2.45) is 17.3 Å². The third-order valence-electron chi connectivity index (χ3n) is 7.55. The number of hydrogen-bond donors (Lipinski definition) is 1. The van der Waals surface area contributed by atoms with E-state index in [1.165, 1.54) is 19.3 Å². The van der Waals surface area contributed by atoms with Gasteiger partial charge in [-0.15, -0.1) is 0 Å². The van der Waals surface area contributed by atoms with E-state index in [0.717, 1.165) is 55.6 Å². The molecule has 190 valence electrons. The van der Waals surface area contributed by atoms with Gasteiger partial charge in [0.25, 0.3) is 0 Å². The zero-order valence-electron chi connectivity index (χ0n) is 21.5. The zero-order chi connectivity index (χ0) is 24.4. The van der Waals surface area contributed by atoms with Gasteiger partial charge in [-0.1, -0.05) is 82.5 Å². The molecule has 5 unspecified atom stereocenters. The van der Waals surface area contributed by atoms with Crippen LogP contribution in [0.25, 0.3) is 0 Å². The molecule has 0 aliphatic carbocycles. The van der Waals surface area contributed by atoms with E-state index in [0.29, 0.717) is 36.5 Å². The molecule has 1 aromatic carbocycles. The SMILES string of the molecule is CCCCCCS(=O)CC1C2CCC(O2)C1CC=CCCC(C)(C)C(=N)OCc1ccccc1. The van der Waals surface area contributed by atoms with Crippen molar-refractivity contribution < 1.29 is 13.7 Å². The summed E-state index contributed by atoms with van der Waals surface area (Å²) in [4.78, 5) is 0. The fraction of sp³-hybridized carbons (Fsp3) is 0.690. The Morgan fingerprint density at radius 1 is 1.12 bits per heavy atom. The Balaban J connectivity index is 1.40. The van der Waals surface area contributed by atoms with Gasteiger partial charge in [0.2, 0.25) is 0 Å². The Morgan fingerprint density at radius 2 is 1.85 bits per heavy atom. The molecule has 0 amide bonds. The Kier molecular flexibility index (Phi) is 10.8. The van der Waals surface area contributed by atoms with Crippen LogP contribution in [0.2, 0.25) is 0 Å². The molecule has 1 aromatic rings. The van der Waals surface area contributed by atoms with E-state index < -0.39 is 10.8 Å². The van der Waals surface area contributed by atoms with Gasteiger partial charge in [0.1, 0.15) is 6.61 Å². The number of nitrogens with one attached hydrogen (secondary N) is 1. The Labute approximate surface area is 209 Å². The van der Waals surface area contributed by atoms with Crippen LogP contribution in [0.4, 0.5) is 0 Å². The molecule has 2 saturated heterocycles. The molecule has 4 nitrogen and oxygen atoms in total. The monoisotopic (exact) mass is 487 g/mol. The minimum Gasteiger partial charge on any atom is -0.476 e. The quantitative estimate of drug-likeness (QED) is 0.125. The van der Waals surface area contributed by atoms with E-state index in [9.17, 15) is 4.21 Å². The average molecular weight is 488 g/mol. The normalized spacial score (nSPS) is 25.1. The number of benzene rings is 1. The maximum atomic E-state index is 12.7. The second kappa shape index (κ2) is 13.6. The second-order valence-electron chi connectivity index (χ2n) is 10.7. The summed E-state index contributed by atoms with van der Waals surface area (Å²) in [5, 5.41) is 8.38. The fourth-order valence-electron chi connectivity index (χ4n) is 5.27. The molecule has 1 N–H and O–H groups in total. The first-order valence-electron chi connectivity index (χ1n) is 13.3. The van der Waals surface area contributed by atoms with Crippen molar-refractivity contribution in [3.63, 3.8) is 0 Å². The first kappa shape index (κ1) is 27.1. The highest BCUT2D eigenvalue weighted by molar-refractivity contribution is 7.84. The summed E-state index contributed by atoms with van der Waals surface area (Å²) in [7, 11) is -0.719. The topological polar surface area (TPSA) is 59.4 Å². The van der Waals surface area contributed by atoms with Crippen molar-refractivity contribution in [3.8, 4) is 0 Å². The molecule has 34 heavy (non-hydrogen) atoms. The molecule has 2 aliphatic heterocycles. The lowest BCUT2D eigenvalue weighted by Gasteiger charge is -2.27. The molecule has 0 aromatic heterocycles. The van der Waals surface area contributed by atoms with Crippen molar-refractivity contribution in [3.05, 3.63) is 48.0 Å². The van der Waals surface area contributed by atoms with Crippen LogP contribution in [0.3, 0.4) is 0 Å². The van der Waals surface area contributed by atoms with Crippen LogP contribution in [0.15, 0.2) is 42.5 Å². The number of fused-ring (bicyclic) bond motifs is 2. The van der Waals surface area contributed by atoms with E-state index in [4.69, 9.17) is 14.9 Å². The number of unbranched alkanes of at least 4 members (excludes halogenated alkanes) is 3. The first-order valence-corrected chi connectivity index (χ1v) is 14.8. The van der Waals surface area contributed by atoms with Crippen molar-refractivity contribution in [2.75, 3.05) is 11.5 Å². The van der Waals surface area contributed by atoms with Gasteiger partial charge in [-0.25, -0.2) is 0 Å². The molecule has 0 spiro atoms. The van der Waals surface area contributed by atoms with Crippen LogP contribution < -0.4 is 0 Å². The molecule has 2 fully saturated rings. The summed E-state index contributed by atoms with van der Waals surface area (Å²) in [6.07, 6.45) is 15.1. The molecule has 5 heteroatoms. The number of allylic oxidation sites excluding steroid dienone is 2. The lowest BCUT2D eigenvalue weighted by Crippen LogP contribution is -2.31.